The summed E-state index contributed by atoms with van der Waals surface area (Å²) in [5.74, 6) is 0.594. The molecule has 0 spiro atoms. The molecular formula is C9H16ClF3N2O. The van der Waals surface area contributed by atoms with Gasteiger partial charge in [0.05, 0.1) is 6.61 Å². The number of hydrogen-bond donors (Lipinski definition) is 0. The van der Waals surface area contributed by atoms with Crippen molar-refractivity contribution < 1.29 is 17.9 Å². The first-order chi connectivity index (χ1) is 7.51. The van der Waals surface area contributed by atoms with Gasteiger partial charge in [-0.25, -0.2) is 0 Å². The van der Waals surface area contributed by atoms with Crippen LogP contribution in [-0.4, -0.2) is 67.9 Å². The van der Waals surface area contributed by atoms with E-state index in [1.54, 1.807) is 0 Å². The van der Waals surface area contributed by atoms with E-state index in [0.29, 0.717) is 12.4 Å². The second-order valence-corrected chi connectivity index (χ2v) is 4.04. The van der Waals surface area contributed by atoms with Crippen molar-refractivity contribution in [2.45, 2.75) is 6.36 Å². The number of halogens is 4. The maximum absolute atomic E-state index is 11.7. The van der Waals surface area contributed by atoms with Crippen LogP contribution < -0.4 is 0 Å². The zero-order chi connectivity index (χ0) is 12.0. The lowest BCUT2D eigenvalue weighted by atomic mass is 10.3. The molecule has 0 atom stereocenters. The molecule has 0 aliphatic carbocycles. The average Bonchev–Trinajstić information content (AvgIpc) is 2.19. The number of alkyl halides is 4. The van der Waals surface area contributed by atoms with E-state index in [2.05, 4.69) is 9.64 Å². The molecule has 16 heavy (non-hydrogen) atoms. The number of rotatable bonds is 5. The first kappa shape index (κ1) is 14.0. The van der Waals surface area contributed by atoms with Crippen molar-refractivity contribution in [1.82, 2.24) is 9.80 Å². The van der Waals surface area contributed by atoms with E-state index in [0.717, 1.165) is 32.7 Å². The third kappa shape index (κ3) is 5.89. The number of hydrogen-bond acceptors (Lipinski definition) is 3. The van der Waals surface area contributed by atoms with Gasteiger partial charge in [-0.2, -0.15) is 0 Å². The molecule has 1 saturated heterocycles. The maximum Gasteiger partial charge on any atom is 0.522 e. The van der Waals surface area contributed by atoms with E-state index in [1.807, 2.05) is 4.90 Å². The summed E-state index contributed by atoms with van der Waals surface area (Å²) < 4.78 is 38.9. The first-order valence-electron chi connectivity index (χ1n) is 5.22. The van der Waals surface area contributed by atoms with E-state index in [1.165, 1.54) is 0 Å². The molecule has 1 aliphatic heterocycles. The highest BCUT2D eigenvalue weighted by Crippen LogP contribution is 2.15. The second kappa shape index (κ2) is 6.64. The SMILES string of the molecule is FC(F)(F)OCCN1CCN(CCCl)CC1. The highest BCUT2D eigenvalue weighted by molar-refractivity contribution is 6.18. The molecule has 0 aromatic heterocycles. The fraction of sp³-hybridized carbons (Fsp3) is 1.00. The van der Waals surface area contributed by atoms with Crippen molar-refractivity contribution in [3.05, 3.63) is 0 Å². The quantitative estimate of drug-likeness (QED) is 0.695. The summed E-state index contributed by atoms with van der Waals surface area (Å²) in [7, 11) is 0. The normalized spacial score (nSPS) is 20.2. The van der Waals surface area contributed by atoms with Crippen LogP contribution >= 0.6 is 11.6 Å². The van der Waals surface area contributed by atoms with Gasteiger partial charge < -0.3 is 0 Å². The largest absolute Gasteiger partial charge is 0.522 e. The second-order valence-electron chi connectivity index (χ2n) is 3.67. The van der Waals surface area contributed by atoms with Gasteiger partial charge in [0, 0.05) is 45.1 Å². The standard InChI is InChI=1S/C9H16ClF3N2O/c10-1-2-14-3-5-15(6-4-14)7-8-16-9(11,12)13/h1-8H2. The van der Waals surface area contributed by atoms with E-state index < -0.39 is 6.36 Å². The molecule has 1 aliphatic rings. The highest BCUT2D eigenvalue weighted by Gasteiger charge is 2.29. The Hall–Kier alpha value is -0.0400. The molecule has 3 nitrogen and oxygen atoms in total. The first-order valence-corrected chi connectivity index (χ1v) is 5.76. The summed E-state index contributed by atoms with van der Waals surface area (Å²) in [5.41, 5.74) is 0. The summed E-state index contributed by atoms with van der Waals surface area (Å²) in [6.07, 6.45) is -4.51. The molecule has 1 fully saturated rings. The molecular weight excluding hydrogens is 245 g/mol. The van der Waals surface area contributed by atoms with E-state index in [9.17, 15) is 13.2 Å². The Kier molecular flexibility index (Phi) is 5.82. The van der Waals surface area contributed by atoms with Gasteiger partial charge in [0.1, 0.15) is 0 Å². The molecule has 0 saturated carbocycles. The molecule has 0 radical (unpaired) electrons. The molecule has 1 heterocycles. The van der Waals surface area contributed by atoms with Gasteiger partial charge in [0.15, 0.2) is 0 Å². The molecule has 0 unspecified atom stereocenters. The molecule has 0 aromatic carbocycles. The third-order valence-corrected chi connectivity index (χ3v) is 2.71. The topological polar surface area (TPSA) is 15.7 Å². The predicted molar refractivity (Wildman–Crippen MR) is 55.6 cm³/mol. The Balaban J connectivity index is 2.08. The van der Waals surface area contributed by atoms with Crippen LogP contribution in [0.3, 0.4) is 0 Å². The molecule has 0 amide bonds. The summed E-state index contributed by atoms with van der Waals surface area (Å²) in [6, 6.07) is 0. The summed E-state index contributed by atoms with van der Waals surface area (Å²) in [5, 5.41) is 0. The Morgan fingerprint density at radius 3 is 1.94 bits per heavy atom. The van der Waals surface area contributed by atoms with Crippen LogP contribution in [0.2, 0.25) is 0 Å². The van der Waals surface area contributed by atoms with Gasteiger partial charge in [-0.3, -0.25) is 14.5 Å². The van der Waals surface area contributed by atoms with Crippen LogP contribution in [-0.2, 0) is 4.74 Å². The van der Waals surface area contributed by atoms with Crippen LogP contribution in [0.5, 0.6) is 0 Å². The minimum atomic E-state index is -4.51. The van der Waals surface area contributed by atoms with Crippen LogP contribution in [0, 0.1) is 0 Å². The van der Waals surface area contributed by atoms with Crippen LogP contribution in [0.1, 0.15) is 0 Å². The van der Waals surface area contributed by atoms with Gasteiger partial charge in [-0.05, 0) is 0 Å². The van der Waals surface area contributed by atoms with Crippen molar-refractivity contribution in [3.8, 4) is 0 Å². The lowest BCUT2D eigenvalue weighted by Crippen LogP contribution is -2.47. The minimum Gasteiger partial charge on any atom is -0.300 e. The summed E-state index contributed by atoms with van der Waals surface area (Å²) in [4.78, 5) is 4.17. The summed E-state index contributed by atoms with van der Waals surface area (Å²) >= 11 is 5.60. The van der Waals surface area contributed by atoms with E-state index in [4.69, 9.17) is 11.6 Å². The van der Waals surface area contributed by atoms with Crippen LogP contribution in [0.4, 0.5) is 13.2 Å². The Morgan fingerprint density at radius 1 is 1.00 bits per heavy atom. The number of piperazine rings is 1. The van der Waals surface area contributed by atoms with E-state index >= 15 is 0 Å². The van der Waals surface area contributed by atoms with Crippen molar-refractivity contribution in [1.29, 1.82) is 0 Å². The monoisotopic (exact) mass is 260 g/mol. The molecule has 0 N–H and O–H groups in total. The van der Waals surface area contributed by atoms with E-state index in [-0.39, 0.29) is 6.61 Å². The lowest BCUT2D eigenvalue weighted by Gasteiger charge is -2.34. The van der Waals surface area contributed by atoms with Crippen molar-refractivity contribution in [3.63, 3.8) is 0 Å². The van der Waals surface area contributed by atoms with Gasteiger partial charge in [0.25, 0.3) is 0 Å². The highest BCUT2D eigenvalue weighted by atomic mass is 35.5. The lowest BCUT2D eigenvalue weighted by molar-refractivity contribution is -0.325. The smallest absolute Gasteiger partial charge is 0.300 e. The van der Waals surface area contributed by atoms with Crippen molar-refractivity contribution >= 4 is 11.6 Å². The van der Waals surface area contributed by atoms with Gasteiger partial charge >= 0.3 is 6.36 Å². The molecule has 0 bridgehead atoms. The van der Waals surface area contributed by atoms with Gasteiger partial charge in [-0.15, -0.1) is 24.8 Å². The zero-order valence-electron chi connectivity index (χ0n) is 8.97. The minimum absolute atomic E-state index is 0.293. The van der Waals surface area contributed by atoms with Crippen molar-refractivity contribution in [2.75, 3.05) is 51.8 Å². The van der Waals surface area contributed by atoms with Crippen LogP contribution in [0.15, 0.2) is 0 Å². The fourth-order valence-corrected chi connectivity index (χ4v) is 1.89. The molecule has 96 valence electrons. The van der Waals surface area contributed by atoms with Gasteiger partial charge in [0.2, 0.25) is 0 Å². The average molecular weight is 261 g/mol. The number of ether oxygens (including phenoxy) is 1. The Morgan fingerprint density at radius 2 is 1.50 bits per heavy atom. The molecule has 0 aromatic rings. The zero-order valence-corrected chi connectivity index (χ0v) is 9.73. The summed E-state index contributed by atoms with van der Waals surface area (Å²) in [6.45, 7) is 4.15. The third-order valence-electron chi connectivity index (χ3n) is 2.54. The van der Waals surface area contributed by atoms with Crippen molar-refractivity contribution in [2.24, 2.45) is 0 Å². The van der Waals surface area contributed by atoms with Gasteiger partial charge in [-0.1, -0.05) is 0 Å². The molecule has 1 rings (SSSR count). The predicted octanol–water partition coefficient (Wildman–Crippen LogP) is 1.38. The molecule has 7 heteroatoms. The Labute approximate surface area is 98.1 Å². The van der Waals surface area contributed by atoms with Crippen LogP contribution in [0.25, 0.3) is 0 Å². The fourth-order valence-electron chi connectivity index (χ4n) is 1.65. The maximum atomic E-state index is 11.7. The Bertz CT molecular complexity index is 196. The number of nitrogens with zero attached hydrogens (tertiary/aromatic N) is 2.